The Morgan fingerprint density at radius 3 is 2.23 bits per heavy atom. The monoisotopic (exact) mass is 398 g/mol. The zero-order valence-corrected chi connectivity index (χ0v) is 16.1. The highest BCUT2D eigenvalue weighted by atomic mass is 16.2. The molecule has 4 aromatic rings. The summed E-state index contributed by atoms with van der Waals surface area (Å²) in [4.78, 5) is 27.9. The number of benzene rings is 2. The number of nitrogens with one attached hydrogen (secondary N) is 3. The molecule has 0 aliphatic heterocycles. The minimum Gasteiger partial charge on any atom is -0.337 e. The molecule has 2 heterocycles. The molecular weight excluding hydrogens is 380 g/mol. The third-order valence-electron chi connectivity index (χ3n) is 4.26. The quantitative estimate of drug-likeness (QED) is 0.469. The summed E-state index contributed by atoms with van der Waals surface area (Å²) in [5.74, 6) is -0.0347. The lowest BCUT2D eigenvalue weighted by Gasteiger charge is -2.09. The van der Waals surface area contributed by atoms with Crippen LogP contribution in [-0.4, -0.2) is 27.0 Å². The summed E-state index contributed by atoms with van der Waals surface area (Å²) in [5.41, 5.74) is 3.05. The van der Waals surface area contributed by atoms with Gasteiger partial charge in [0.1, 0.15) is 0 Å². The van der Waals surface area contributed by atoms with Crippen molar-refractivity contribution in [1.82, 2.24) is 15.2 Å². The zero-order valence-electron chi connectivity index (χ0n) is 16.1. The number of pyridine rings is 1. The minimum absolute atomic E-state index is 0.157. The second kappa shape index (κ2) is 8.36. The van der Waals surface area contributed by atoms with Gasteiger partial charge in [-0.25, -0.2) is 0 Å². The van der Waals surface area contributed by atoms with Crippen LogP contribution in [0.15, 0.2) is 72.9 Å². The van der Waals surface area contributed by atoms with E-state index in [-0.39, 0.29) is 17.5 Å². The predicted molar refractivity (Wildman–Crippen MR) is 116 cm³/mol. The maximum atomic E-state index is 12.4. The van der Waals surface area contributed by atoms with Crippen LogP contribution >= 0.6 is 0 Å². The third kappa shape index (κ3) is 4.39. The Hall–Kier alpha value is -4.33. The highest BCUT2D eigenvalue weighted by Crippen LogP contribution is 2.23. The Morgan fingerprint density at radius 2 is 1.53 bits per heavy atom. The number of anilines is 4. The van der Waals surface area contributed by atoms with E-state index in [0.717, 1.165) is 16.6 Å². The normalized spacial score (nSPS) is 10.4. The average Bonchev–Trinajstić information content (AvgIpc) is 2.75. The van der Waals surface area contributed by atoms with Crippen LogP contribution < -0.4 is 16.0 Å². The summed E-state index contributed by atoms with van der Waals surface area (Å²) in [5, 5.41) is 17.7. The van der Waals surface area contributed by atoms with Gasteiger partial charge >= 0.3 is 0 Å². The van der Waals surface area contributed by atoms with Crippen molar-refractivity contribution in [2.45, 2.75) is 6.92 Å². The molecule has 0 aliphatic rings. The van der Waals surface area contributed by atoms with Crippen molar-refractivity contribution in [3.8, 4) is 0 Å². The first-order chi connectivity index (χ1) is 14.6. The Morgan fingerprint density at radius 1 is 0.800 bits per heavy atom. The molecular formula is C22H18N6O2. The van der Waals surface area contributed by atoms with Gasteiger partial charge < -0.3 is 16.0 Å². The second-order valence-electron chi connectivity index (χ2n) is 6.52. The molecule has 8 heteroatoms. The minimum atomic E-state index is -0.381. The smallest absolute Gasteiger partial charge is 0.276 e. The van der Waals surface area contributed by atoms with Gasteiger partial charge in [-0.1, -0.05) is 18.2 Å². The lowest BCUT2D eigenvalue weighted by Crippen LogP contribution is -2.14. The molecule has 0 spiro atoms. The SMILES string of the molecule is CC(=O)Nc1ccc(NC(=O)c2ccc(Nc3cccc4cccnc34)nn2)cc1. The molecule has 148 valence electrons. The fraction of sp³-hybridized carbons (Fsp3) is 0.0455. The van der Waals surface area contributed by atoms with Gasteiger partial charge in [-0.2, -0.15) is 0 Å². The van der Waals surface area contributed by atoms with Crippen molar-refractivity contribution in [2.75, 3.05) is 16.0 Å². The number of carbonyl (C=O) groups is 2. The Labute approximate surface area is 172 Å². The van der Waals surface area contributed by atoms with Crippen LogP contribution in [0.3, 0.4) is 0 Å². The summed E-state index contributed by atoms with van der Waals surface area (Å²) >= 11 is 0. The van der Waals surface area contributed by atoms with Gasteiger partial charge in [-0.05, 0) is 48.5 Å². The summed E-state index contributed by atoms with van der Waals surface area (Å²) < 4.78 is 0. The molecule has 2 aromatic carbocycles. The van der Waals surface area contributed by atoms with Crippen LogP contribution in [-0.2, 0) is 4.79 Å². The van der Waals surface area contributed by atoms with Crippen LogP contribution in [0.5, 0.6) is 0 Å². The van der Waals surface area contributed by atoms with Gasteiger partial charge in [0.05, 0.1) is 11.2 Å². The number of fused-ring (bicyclic) bond motifs is 1. The van der Waals surface area contributed by atoms with Crippen LogP contribution in [0, 0.1) is 0 Å². The molecule has 2 amide bonds. The fourth-order valence-electron chi connectivity index (χ4n) is 2.90. The van der Waals surface area contributed by atoms with Gasteiger partial charge in [-0.3, -0.25) is 14.6 Å². The number of hydrogen-bond donors (Lipinski definition) is 3. The Kier molecular flexibility index (Phi) is 5.29. The molecule has 0 fully saturated rings. The van der Waals surface area contributed by atoms with Gasteiger partial charge in [0.25, 0.3) is 5.91 Å². The highest BCUT2D eigenvalue weighted by Gasteiger charge is 2.10. The fourth-order valence-corrected chi connectivity index (χ4v) is 2.90. The van der Waals surface area contributed by atoms with E-state index in [9.17, 15) is 9.59 Å². The standard InChI is InChI=1S/C22H18N6O2/c1-14(29)24-16-7-9-17(10-8-16)25-22(30)19-11-12-20(28-27-19)26-18-6-2-4-15-5-3-13-23-21(15)18/h2-13H,1H3,(H,24,29)(H,25,30)(H,26,28). The first-order valence-corrected chi connectivity index (χ1v) is 9.22. The Balaban J connectivity index is 1.44. The summed E-state index contributed by atoms with van der Waals surface area (Å²) in [7, 11) is 0. The molecule has 0 saturated heterocycles. The molecule has 3 N–H and O–H groups in total. The molecule has 0 bridgehead atoms. The lowest BCUT2D eigenvalue weighted by atomic mass is 10.2. The van der Waals surface area contributed by atoms with Gasteiger partial charge in [0.2, 0.25) is 5.91 Å². The topological polar surface area (TPSA) is 109 Å². The van der Waals surface area contributed by atoms with Crippen LogP contribution in [0.1, 0.15) is 17.4 Å². The number of aromatic nitrogens is 3. The molecule has 0 atom stereocenters. The van der Waals surface area contributed by atoms with Crippen molar-refractivity contribution in [3.05, 3.63) is 78.6 Å². The summed E-state index contributed by atoms with van der Waals surface area (Å²) in [6.45, 7) is 1.43. The van der Waals surface area contributed by atoms with Crippen LogP contribution in [0.25, 0.3) is 10.9 Å². The number of carbonyl (C=O) groups excluding carboxylic acids is 2. The van der Waals surface area contributed by atoms with Crippen molar-refractivity contribution in [3.63, 3.8) is 0 Å². The van der Waals surface area contributed by atoms with E-state index in [1.54, 1.807) is 42.6 Å². The second-order valence-corrected chi connectivity index (χ2v) is 6.52. The maximum Gasteiger partial charge on any atom is 0.276 e. The Bertz CT molecular complexity index is 1200. The van der Waals surface area contributed by atoms with E-state index < -0.39 is 0 Å². The largest absolute Gasteiger partial charge is 0.337 e. The van der Waals surface area contributed by atoms with Gasteiger partial charge in [-0.15, -0.1) is 10.2 Å². The average molecular weight is 398 g/mol. The number of amides is 2. The molecule has 0 saturated carbocycles. The van der Waals surface area contributed by atoms with Gasteiger partial charge in [0.15, 0.2) is 11.5 Å². The van der Waals surface area contributed by atoms with E-state index in [4.69, 9.17) is 0 Å². The molecule has 8 nitrogen and oxygen atoms in total. The first-order valence-electron chi connectivity index (χ1n) is 9.22. The predicted octanol–water partition coefficient (Wildman–Crippen LogP) is 3.98. The van der Waals surface area contributed by atoms with Crippen molar-refractivity contribution >= 4 is 45.6 Å². The van der Waals surface area contributed by atoms with Crippen LogP contribution in [0.4, 0.5) is 22.9 Å². The molecule has 0 unspecified atom stereocenters. The number of hydrogen-bond acceptors (Lipinski definition) is 6. The molecule has 4 rings (SSSR count). The molecule has 30 heavy (non-hydrogen) atoms. The molecule has 2 aromatic heterocycles. The number of para-hydroxylation sites is 1. The molecule has 0 radical (unpaired) electrons. The van der Waals surface area contributed by atoms with Crippen molar-refractivity contribution in [2.24, 2.45) is 0 Å². The highest BCUT2D eigenvalue weighted by molar-refractivity contribution is 6.03. The van der Waals surface area contributed by atoms with E-state index in [0.29, 0.717) is 17.2 Å². The first kappa shape index (κ1) is 19.0. The van der Waals surface area contributed by atoms with E-state index in [1.807, 2.05) is 30.3 Å². The van der Waals surface area contributed by atoms with E-state index in [1.165, 1.54) is 6.92 Å². The van der Waals surface area contributed by atoms with Gasteiger partial charge in [0, 0.05) is 29.9 Å². The van der Waals surface area contributed by atoms with Crippen molar-refractivity contribution in [1.29, 1.82) is 0 Å². The summed E-state index contributed by atoms with van der Waals surface area (Å²) in [6.07, 6.45) is 1.73. The van der Waals surface area contributed by atoms with E-state index >= 15 is 0 Å². The zero-order chi connectivity index (χ0) is 20.9. The number of rotatable bonds is 5. The van der Waals surface area contributed by atoms with Crippen LogP contribution in [0.2, 0.25) is 0 Å². The lowest BCUT2D eigenvalue weighted by molar-refractivity contribution is -0.114. The number of nitrogens with zero attached hydrogens (tertiary/aromatic N) is 3. The van der Waals surface area contributed by atoms with E-state index in [2.05, 4.69) is 31.1 Å². The third-order valence-corrected chi connectivity index (χ3v) is 4.26. The maximum absolute atomic E-state index is 12.4. The van der Waals surface area contributed by atoms with Crippen molar-refractivity contribution < 1.29 is 9.59 Å². The summed E-state index contributed by atoms with van der Waals surface area (Å²) in [6, 6.07) is 19.7. The molecule has 0 aliphatic carbocycles.